The third-order valence-electron chi connectivity index (χ3n) is 4.62. The summed E-state index contributed by atoms with van der Waals surface area (Å²) in [6, 6.07) is 9.66. The Kier molecular flexibility index (Phi) is 9.01. The van der Waals surface area contributed by atoms with E-state index in [9.17, 15) is 5.11 Å². The molecule has 2 unspecified atom stereocenters. The summed E-state index contributed by atoms with van der Waals surface area (Å²) in [7, 11) is 0. The molecular formula is C19H24Cl3NO2S. The second-order valence-corrected chi connectivity index (χ2v) is 8.31. The zero-order chi connectivity index (χ0) is 17.6. The lowest BCUT2D eigenvalue weighted by Crippen LogP contribution is -2.36. The average molecular weight is 437 g/mol. The first-order chi connectivity index (χ1) is 12.1. The highest BCUT2D eigenvalue weighted by atomic mass is 35.5. The van der Waals surface area contributed by atoms with Crippen LogP contribution in [0.3, 0.4) is 0 Å². The Morgan fingerprint density at radius 2 is 2.00 bits per heavy atom. The fourth-order valence-corrected chi connectivity index (χ4v) is 4.72. The standard InChI is InChI=1S/C19H23Cl2NO2S.ClH/c20-14-7-8-17(16(21)10-14)24-12-15(23)11-22-19(13-4-1-2-5-13)18-6-3-9-25-18;/h3,6-10,13,15,19,22-23H,1-2,4-5,11-12H2;1H. The van der Waals surface area contributed by atoms with Crippen LogP contribution < -0.4 is 10.1 Å². The molecule has 2 atom stereocenters. The number of nitrogens with one attached hydrogen (secondary N) is 1. The van der Waals surface area contributed by atoms with Gasteiger partial charge in [0.1, 0.15) is 18.5 Å². The molecule has 3 rings (SSSR count). The zero-order valence-electron chi connectivity index (χ0n) is 14.4. The Bertz CT molecular complexity index is 663. The van der Waals surface area contributed by atoms with E-state index in [0.29, 0.717) is 34.3 Å². The van der Waals surface area contributed by atoms with Crippen molar-refractivity contribution < 1.29 is 9.84 Å². The van der Waals surface area contributed by atoms with Gasteiger partial charge in [0.05, 0.1) is 5.02 Å². The number of benzene rings is 1. The van der Waals surface area contributed by atoms with Crippen LogP contribution in [-0.4, -0.2) is 24.4 Å². The van der Waals surface area contributed by atoms with Crippen LogP contribution in [0.25, 0.3) is 0 Å². The normalized spacial score (nSPS) is 16.9. The smallest absolute Gasteiger partial charge is 0.138 e. The molecule has 1 fully saturated rings. The van der Waals surface area contributed by atoms with Crippen LogP contribution in [0.15, 0.2) is 35.7 Å². The third-order valence-corrected chi connectivity index (χ3v) is 6.11. The molecule has 0 aliphatic heterocycles. The SMILES string of the molecule is Cl.OC(CNC(c1cccs1)C1CCCC1)COc1ccc(Cl)cc1Cl. The van der Waals surface area contributed by atoms with E-state index in [1.54, 1.807) is 29.5 Å². The van der Waals surface area contributed by atoms with Crippen LogP contribution in [0.4, 0.5) is 0 Å². The van der Waals surface area contributed by atoms with Crippen molar-refractivity contribution >= 4 is 46.9 Å². The summed E-state index contributed by atoms with van der Waals surface area (Å²) in [5.41, 5.74) is 0. The molecule has 1 aromatic carbocycles. The lowest BCUT2D eigenvalue weighted by molar-refractivity contribution is 0.101. The number of aliphatic hydroxyl groups excluding tert-OH is 1. The fraction of sp³-hybridized carbons (Fsp3) is 0.474. The minimum absolute atomic E-state index is 0. The van der Waals surface area contributed by atoms with Gasteiger partial charge in [-0.25, -0.2) is 0 Å². The molecule has 0 saturated heterocycles. The summed E-state index contributed by atoms with van der Waals surface area (Å²) in [5, 5.41) is 17.0. The van der Waals surface area contributed by atoms with E-state index in [-0.39, 0.29) is 19.0 Å². The van der Waals surface area contributed by atoms with Crippen molar-refractivity contribution in [3.05, 3.63) is 50.6 Å². The van der Waals surface area contributed by atoms with Crippen molar-refractivity contribution in [1.29, 1.82) is 0 Å². The Labute approximate surface area is 175 Å². The lowest BCUT2D eigenvalue weighted by atomic mass is 9.96. The minimum Gasteiger partial charge on any atom is -0.489 e. The summed E-state index contributed by atoms with van der Waals surface area (Å²) in [6.45, 7) is 0.681. The van der Waals surface area contributed by atoms with Gasteiger partial charge in [0.25, 0.3) is 0 Å². The van der Waals surface area contributed by atoms with Crippen LogP contribution in [0.1, 0.15) is 36.6 Å². The largest absolute Gasteiger partial charge is 0.489 e. The number of ether oxygens (including phenoxy) is 1. The van der Waals surface area contributed by atoms with Gasteiger partial charge in [-0.15, -0.1) is 23.7 Å². The van der Waals surface area contributed by atoms with Crippen molar-refractivity contribution in [3.8, 4) is 5.75 Å². The average Bonchev–Trinajstić information content (AvgIpc) is 3.28. The van der Waals surface area contributed by atoms with Gasteiger partial charge < -0.3 is 15.2 Å². The number of hydrogen-bond acceptors (Lipinski definition) is 4. The summed E-state index contributed by atoms with van der Waals surface area (Å²) in [5.74, 6) is 1.19. The van der Waals surface area contributed by atoms with Gasteiger partial charge in [-0.05, 0) is 48.4 Å². The highest BCUT2D eigenvalue weighted by Crippen LogP contribution is 2.37. The molecule has 0 bridgehead atoms. The van der Waals surface area contributed by atoms with Crippen LogP contribution >= 0.6 is 46.9 Å². The van der Waals surface area contributed by atoms with E-state index < -0.39 is 6.10 Å². The van der Waals surface area contributed by atoms with Gasteiger partial charge in [0.15, 0.2) is 0 Å². The van der Waals surface area contributed by atoms with Crippen molar-refractivity contribution in [3.63, 3.8) is 0 Å². The van der Waals surface area contributed by atoms with Crippen LogP contribution in [-0.2, 0) is 0 Å². The van der Waals surface area contributed by atoms with E-state index in [2.05, 4.69) is 22.8 Å². The van der Waals surface area contributed by atoms with Crippen molar-refractivity contribution in [2.75, 3.05) is 13.2 Å². The Hall–Kier alpha value is -0.490. The van der Waals surface area contributed by atoms with Gasteiger partial charge in [-0.2, -0.15) is 0 Å². The molecule has 0 radical (unpaired) electrons. The maximum atomic E-state index is 10.3. The fourth-order valence-electron chi connectivity index (χ4n) is 3.36. The molecule has 144 valence electrons. The first-order valence-corrected chi connectivity index (χ1v) is 10.3. The maximum Gasteiger partial charge on any atom is 0.138 e. The molecule has 3 nitrogen and oxygen atoms in total. The van der Waals surface area contributed by atoms with Gasteiger partial charge in [-0.1, -0.05) is 42.1 Å². The lowest BCUT2D eigenvalue weighted by Gasteiger charge is -2.25. The summed E-state index contributed by atoms with van der Waals surface area (Å²) < 4.78 is 5.62. The molecule has 1 aromatic heterocycles. The van der Waals surface area contributed by atoms with Crippen LogP contribution in [0.5, 0.6) is 5.75 Å². The van der Waals surface area contributed by atoms with Gasteiger partial charge in [0.2, 0.25) is 0 Å². The highest BCUT2D eigenvalue weighted by molar-refractivity contribution is 7.10. The Morgan fingerprint density at radius 1 is 1.23 bits per heavy atom. The van der Waals surface area contributed by atoms with E-state index in [1.165, 1.54) is 30.6 Å². The molecule has 1 aliphatic carbocycles. The van der Waals surface area contributed by atoms with E-state index in [0.717, 1.165) is 0 Å². The first kappa shape index (κ1) is 21.8. The van der Waals surface area contributed by atoms with Crippen molar-refractivity contribution in [1.82, 2.24) is 5.32 Å². The summed E-state index contributed by atoms with van der Waals surface area (Å²) in [4.78, 5) is 1.35. The monoisotopic (exact) mass is 435 g/mol. The number of halogens is 3. The second kappa shape index (κ2) is 10.7. The Morgan fingerprint density at radius 3 is 2.65 bits per heavy atom. The van der Waals surface area contributed by atoms with E-state index in [1.807, 2.05) is 0 Å². The topological polar surface area (TPSA) is 41.5 Å². The Balaban J connectivity index is 0.00000243. The number of hydrogen-bond donors (Lipinski definition) is 2. The number of aliphatic hydroxyl groups is 1. The molecule has 1 saturated carbocycles. The van der Waals surface area contributed by atoms with E-state index in [4.69, 9.17) is 27.9 Å². The molecule has 2 aromatic rings. The van der Waals surface area contributed by atoms with Crippen molar-refractivity contribution in [2.24, 2.45) is 5.92 Å². The molecule has 2 N–H and O–H groups in total. The number of rotatable bonds is 8. The minimum atomic E-state index is -0.601. The third kappa shape index (κ3) is 6.01. The highest BCUT2D eigenvalue weighted by Gasteiger charge is 2.27. The van der Waals surface area contributed by atoms with Gasteiger partial charge >= 0.3 is 0 Å². The summed E-state index contributed by atoms with van der Waals surface area (Å²) in [6.07, 6.45) is 4.50. The predicted molar refractivity (Wildman–Crippen MR) is 112 cm³/mol. The molecular weight excluding hydrogens is 413 g/mol. The van der Waals surface area contributed by atoms with E-state index >= 15 is 0 Å². The van der Waals surface area contributed by atoms with Gasteiger partial charge in [-0.3, -0.25) is 0 Å². The van der Waals surface area contributed by atoms with Crippen LogP contribution in [0.2, 0.25) is 10.0 Å². The zero-order valence-corrected chi connectivity index (χ0v) is 17.5. The van der Waals surface area contributed by atoms with Crippen LogP contribution in [0, 0.1) is 5.92 Å². The molecule has 1 heterocycles. The molecule has 1 aliphatic rings. The summed E-state index contributed by atoms with van der Waals surface area (Å²) >= 11 is 13.7. The molecule has 7 heteroatoms. The molecule has 26 heavy (non-hydrogen) atoms. The molecule has 0 spiro atoms. The first-order valence-electron chi connectivity index (χ1n) is 8.66. The quantitative estimate of drug-likeness (QED) is 0.554. The maximum absolute atomic E-state index is 10.3. The number of thiophene rings is 1. The second-order valence-electron chi connectivity index (χ2n) is 6.49. The van der Waals surface area contributed by atoms with Gasteiger partial charge in [0, 0.05) is 22.5 Å². The molecule has 0 amide bonds. The van der Waals surface area contributed by atoms with Crippen molar-refractivity contribution in [2.45, 2.75) is 37.8 Å². The predicted octanol–water partition coefficient (Wildman–Crippen LogP) is 5.74.